The van der Waals surface area contributed by atoms with Crippen LogP contribution in [0.3, 0.4) is 0 Å². The zero-order chi connectivity index (χ0) is 13.7. The van der Waals surface area contributed by atoms with Crippen molar-refractivity contribution in [3.8, 4) is 0 Å². The maximum Gasteiger partial charge on any atom is 0.202 e. The van der Waals surface area contributed by atoms with Crippen molar-refractivity contribution in [2.75, 3.05) is 20.6 Å². The van der Waals surface area contributed by atoms with Gasteiger partial charge >= 0.3 is 0 Å². The molecular formula is C13H20NOPS2. The van der Waals surface area contributed by atoms with Crippen LogP contribution < -0.4 is 0 Å². The van der Waals surface area contributed by atoms with Gasteiger partial charge in [0.1, 0.15) is 6.10 Å². The summed E-state index contributed by atoms with van der Waals surface area (Å²) >= 11 is 10.1. The first-order valence-corrected chi connectivity index (χ1v) is 9.25. The fourth-order valence-electron chi connectivity index (χ4n) is 1.95. The van der Waals surface area contributed by atoms with Gasteiger partial charge in [-0.05, 0) is 31.1 Å². The standard InChI is InChI=1S/C13H20NOPS2/c1-10(2)11-7-5-6-8-12(11)13(9-14(3)4)15-16(17)18/h5-8,10,13H,9H2,1-4H3. The second-order valence-corrected chi connectivity index (χ2v) is 8.20. The summed E-state index contributed by atoms with van der Waals surface area (Å²) in [5, 5.41) is 0. The normalized spacial score (nSPS) is 14.1. The molecule has 0 aliphatic heterocycles. The first-order chi connectivity index (χ1) is 8.41. The van der Waals surface area contributed by atoms with Crippen molar-refractivity contribution in [2.45, 2.75) is 25.9 Å². The zero-order valence-corrected chi connectivity index (χ0v) is 13.8. The third-order valence-electron chi connectivity index (χ3n) is 2.71. The summed E-state index contributed by atoms with van der Waals surface area (Å²) in [5.74, 6) is 0.468. The maximum absolute atomic E-state index is 5.79. The predicted octanol–water partition coefficient (Wildman–Crippen LogP) is 3.75. The summed E-state index contributed by atoms with van der Waals surface area (Å²) in [5.41, 5.74) is 2.52. The molecule has 0 saturated heterocycles. The number of benzene rings is 1. The summed E-state index contributed by atoms with van der Waals surface area (Å²) in [4.78, 5) is 2.10. The lowest BCUT2D eigenvalue weighted by molar-refractivity contribution is 0.186. The van der Waals surface area contributed by atoms with Gasteiger partial charge < -0.3 is 17.1 Å². The summed E-state index contributed by atoms with van der Waals surface area (Å²) in [6.45, 7) is 5.18. The topological polar surface area (TPSA) is 12.5 Å². The Labute approximate surface area is 121 Å². The Morgan fingerprint density at radius 2 is 1.83 bits per heavy atom. The van der Waals surface area contributed by atoms with Crippen molar-refractivity contribution >= 4 is 30.2 Å². The van der Waals surface area contributed by atoms with Crippen LogP contribution in [0.5, 0.6) is 0 Å². The molecule has 1 aromatic carbocycles. The SMILES string of the molecule is CC(C)c1ccccc1C(CN(C)C)O[P+](=S)[S-]. The van der Waals surface area contributed by atoms with Crippen LogP contribution in [0.25, 0.3) is 0 Å². The van der Waals surface area contributed by atoms with Crippen LogP contribution in [0.4, 0.5) is 0 Å². The Balaban J connectivity index is 3.07. The van der Waals surface area contributed by atoms with Crippen LogP contribution in [-0.2, 0) is 28.6 Å². The van der Waals surface area contributed by atoms with Crippen molar-refractivity contribution in [1.29, 1.82) is 0 Å². The largest absolute Gasteiger partial charge is 0.441 e. The molecule has 0 bridgehead atoms. The van der Waals surface area contributed by atoms with Gasteiger partial charge in [0.25, 0.3) is 0 Å². The molecule has 18 heavy (non-hydrogen) atoms. The van der Waals surface area contributed by atoms with Crippen LogP contribution in [0, 0.1) is 0 Å². The van der Waals surface area contributed by atoms with Crippen molar-refractivity contribution in [1.82, 2.24) is 4.90 Å². The third kappa shape index (κ3) is 4.94. The van der Waals surface area contributed by atoms with Crippen LogP contribution >= 0.6 is 6.13 Å². The van der Waals surface area contributed by atoms with E-state index in [2.05, 4.69) is 36.9 Å². The molecule has 1 rings (SSSR count). The van der Waals surface area contributed by atoms with Crippen molar-refractivity contribution in [3.05, 3.63) is 35.4 Å². The number of hydrogen-bond acceptors (Lipinski definition) is 4. The highest BCUT2D eigenvalue weighted by molar-refractivity contribution is 8.45. The molecule has 5 heteroatoms. The average Bonchev–Trinajstić information content (AvgIpc) is 2.26. The molecule has 0 heterocycles. The van der Waals surface area contributed by atoms with E-state index in [-0.39, 0.29) is 6.10 Å². The predicted molar refractivity (Wildman–Crippen MR) is 84.6 cm³/mol. The number of nitrogens with zero attached hydrogens (tertiary/aromatic N) is 1. The lowest BCUT2D eigenvalue weighted by atomic mass is 9.94. The van der Waals surface area contributed by atoms with Crippen LogP contribution in [0.15, 0.2) is 24.3 Å². The smallest absolute Gasteiger partial charge is 0.202 e. The number of rotatable bonds is 6. The highest BCUT2D eigenvalue weighted by Crippen LogP contribution is 2.34. The van der Waals surface area contributed by atoms with Gasteiger partial charge in [-0.3, -0.25) is 0 Å². The monoisotopic (exact) mass is 301 g/mol. The molecule has 0 aliphatic carbocycles. The van der Waals surface area contributed by atoms with E-state index >= 15 is 0 Å². The lowest BCUT2D eigenvalue weighted by Crippen LogP contribution is -2.22. The Bertz CT molecular complexity index is 410. The number of likely N-dealkylation sites (N-methyl/N-ethyl adjacent to an activating group) is 1. The molecule has 0 N–H and O–H groups in total. The van der Waals surface area contributed by atoms with Gasteiger partial charge in [-0.25, -0.2) is 0 Å². The molecule has 100 valence electrons. The Morgan fingerprint density at radius 3 is 2.28 bits per heavy atom. The summed E-state index contributed by atoms with van der Waals surface area (Å²) < 4.78 is 5.79. The number of hydrogen-bond donors (Lipinski definition) is 0. The zero-order valence-electron chi connectivity index (χ0n) is 11.3. The average molecular weight is 301 g/mol. The summed E-state index contributed by atoms with van der Waals surface area (Å²) in [7, 11) is 4.06. The Hall–Kier alpha value is 0.01000. The van der Waals surface area contributed by atoms with Gasteiger partial charge in [0.15, 0.2) is 11.8 Å². The second-order valence-electron chi connectivity index (χ2n) is 4.86. The fourth-order valence-corrected chi connectivity index (χ4v) is 2.97. The highest BCUT2D eigenvalue weighted by Gasteiger charge is 2.21. The van der Waals surface area contributed by atoms with E-state index in [1.807, 2.05) is 20.2 Å². The quantitative estimate of drug-likeness (QED) is 0.586. The van der Waals surface area contributed by atoms with Gasteiger partial charge in [-0.15, -0.1) is 0 Å². The minimum absolute atomic E-state index is 0.0280. The van der Waals surface area contributed by atoms with E-state index < -0.39 is 6.13 Å². The highest BCUT2D eigenvalue weighted by atomic mass is 32.9. The molecule has 0 aliphatic rings. The van der Waals surface area contributed by atoms with Crippen LogP contribution in [0.1, 0.15) is 37.0 Å². The Morgan fingerprint density at radius 1 is 1.28 bits per heavy atom. The van der Waals surface area contributed by atoms with E-state index in [9.17, 15) is 0 Å². The molecule has 0 fully saturated rings. The van der Waals surface area contributed by atoms with Crippen molar-refractivity contribution in [2.24, 2.45) is 0 Å². The first-order valence-electron chi connectivity index (χ1n) is 5.96. The molecule has 0 radical (unpaired) electrons. The molecule has 0 aromatic heterocycles. The van der Waals surface area contributed by atoms with E-state index in [0.29, 0.717) is 5.92 Å². The molecule has 0 saturated carbocycles. The molecule has 0 spiro atoms. The Kier molecular flexibility index (Phi) is 6.75. The van der Waals surface area contributed by atoms with E-state index in [1.165, 1.54) is 11.1 Å². The minimum atomic E-state index is -1.19. The van der Waals surface area contributed by atoms with Crippen LogP contribution in [0.2, 0.25) is 0 Å². The van der Waals surface area contributed by atoms with Crippen LogP contribution in [-0.4, -0.2) is 25.5 Å². The van der Waals surface area contributed by atoms with Gasteiger partial charge in [0.05, 0.1) is 0 Å². The third-order valence-corrected chi connectivity index (χ3v) is 3.65. The van der Waals surface area contributed by atoms with Crippen molar-refractivity contribution < 1.29 is 4.52 Å². The molecular weight excluding hydrogens is 281 g/mol. The van der Waals surface area contributed by atoms with E-state index in [1.54, 1.807) is 0 Å². The summed E-state index contributed by atoms with van der Waals surface area (Å²) in [6.07, 6.45) is -1.21. The minimum Gasteiger partial charge on any atom is -0.441 e. The molecule has 2 unspecified atom stereocenters. The maximum atomic E-state index is 5.79. The molecule has 1 aromatic rings. The lowest BCUT2D eigenvalue weighted by Gasteiger charge is -2.22. The molecule has 0 amide bonds. The molecule has 2 nitrogen and oxygen atoms in total. The van der Waals surface area contributed by atoms with Gasteiger partial charge in [0.2, 0.25) is 6.13 Å². The second kappa shape index (κ2) is 7.56. The fraction of sp³-hybridized carbons (Fsp3) is 0.538. The van der Waals surface area contributed by atoms with Crippen molar-refractivity contribution in [3.63, 3.8) is 0 Å². The molecule has 2 atom stereocenters. The van der Waals surface area contributed by atoms with Gasteiger partial charge in [-0.1, -0.05) is 38.1 Å². The van der Waals surface area contributed by atoms with Gasteiger partial charge in [-0.2, -0.15) is 4.52 Å². The first kappa shape index (κ1) is 16.1. The van der Waals surface area contributed by atoms with E-state index in [4.69, 9.17) is 28.6 Å². The summed E-state index contributed by atoms with van der Waals surface area (Å²) in [6, 6.07) is 8.38. The van der Waals surface area contributed by atoms with Gasteiger partial charge in [0, 0.05) is 6.54 Å². The van der Waals surface area contributed by atoms with E-state index in [0.717, 1.165) is 6.54 Å².